The molecule has 0 saturated heterocycles. The molecule has 0 bridgehead atoms. The Morgan fingerprint density at radius 1 is 1.24 bits per heavy atom. The Bertz CT molecular complexity index is 500. The van der Waals surface area contributed by atoms with Crippen LogP contribution in [0.15, 0.2) is 29.3 Å². The lowest BCUT2D eigenvalue weighted by Crippen LogP contribution is -2.41. The van der Waals surface area contributed by atoms with Crippen LogP contribution in [0.1, 0.15) is 50.0 Å². The second kappa shape index (κ2) is 7.42. The highest BCUT2D eigenvalue weighted by Gasteiger charge is 2.38. The molecule has 0 aliphatic heterocycles. The minimum atomic E-state index is -0.176. The van der Waals surface area contributed by atoms with Crippen molar-refractivity contribution in [3.63, 3.8) is 0 Å². The Balaban J connectivity index is 0.00000161. The standard InChI is InChI=1S/C16H22FN3.HI/c17-12-6-4-5-11(9-12)14-10-15(14)20-16(18)19-13-7-2-1-3-8-13;/h4-6,9,13-15H,1-3,7-8,10H2,(H3,18,19,20);1H/t14-,15+;/m0./s1. The van der Waals surface area contributed by atoms with E-state index in [9.17, 15) is 4.39 Å². The number of aliphatic imine (C=N–C) groups is 1. The smallest absolute Gasteiger partial charge is 0.189 e. The van der Waals surface area contributed by atoms with Crippen LogP contribution in [0.4, 0.5) is 4.39 Å². The maximum Gasteiger partial charge on any atom is 0.189 e. The molecule has 2 aliphatic carbocycles. The van der Waals surface area contributed by atoms with Crippen LogP contribution in [-0.4, -0.2) is 18.0 Å². The van der Waals surface area contributed by atoms with Crippen molar-refractivity contribution in [2.45, 2.75) is 56.5 Å². The molecule has 2 saturated carbocycles. The van der Waals surface area contributed by atoms with Gasteiger partial charge in [0.15, 0.2) is 5.96 Å². The molecule has 3 nitrogen and oxygen atoms in total. The molecule has 3 N–H and O–H groups in total. The molecule has 3 rings (SSSR count). The van der Waals surface area contributed by atoms with Gasteiger partial charge in [-0.15, -0.1) is 24.0 Å². The lowest BCUT2D eigenvalue weighted by atomic mass is 9.96. The number of rotatable bonds is 3. The second-order valence-corrected chi connectivity index (χ2v) is 5.96. The molecular weight excluding hydrogens is 380 g/mol. The summed E-state index contributed by atoms with van der Waals surface area (Å²) in [6.07, 6.45) is 7.24. The Morgan fingerprint density at radius 3 is 2.71 bits per heavy atom. The zero-order valence-electron chi connectivity index (χ0n) is 12.1. The number of guanidine groups is 1. The summed E-state index contributed by atoms with van der Waals surface area (Å²) in [5.41, 5.74) is 7.01. The number of hydrogen-bond acceptors (Lipinski definition) is 1. The predicted octanol–water partition coefficient (Wildman–Crippen LogP) is 3.54. The van der Waals surface area contributed by atoms with E-state index in [1.54, 1.807) is 12.1 Å². The van der Waals surface area contributed by atoms with Gasteiger partial charge in [0.2, 0.25) is 0 Å². The fourth-order valence-electron chi connectivity index (χ4n) is 3.09. The van der Waals surface area contributed by atoms with Gasteiger partial charge in [-0.05, 0) is 37.0 Å². The Hall–Kier alpha value is -0.850. The summed E-state index contributed by atoms with van der Waals surface area (Å²) in [4.78, 5) is 4.53. The molecule has 5 heteroatoms. The highest BCUT2D eigenvalue weighted by atomic mass is 127. The van der Waals surface area contributed by atoms with E-state index in [0.717, 1.165) is 12.0 Å². The first-order valence-electron chi connectivity index (χ1n) is 7.57. The number of nitrogens with zero attached hydrogens (tertiary/aromatic N) is 1. The van der Waals surface area contributed by atoms with Crippen LogP contribution in [0.3, 0.4) is 0 Å². The summed E-state index contributed by atoms with van der Waals surface area (Å²) in [5, 5.41) is 3.33. The summed E-state index contributed by atoms with van der Waals surface area (Å²) in [5.74, 6) is 0.712. The summed E-state index contributed by atoms with van der Waals surface area (Å²) in [7, 11) is 0. The van der Waals surface area contributed by atoms with Crippen LogP contribution in [0.5, 0.6) is 0 Å². The normalized spacial score (nSPS) is 26.0. The lowest BCUT2D eigenvalue weighted by Gasteiger charge is -2.23. The molecule has 0 amide bonds. The number of nitrogens with two attached hydrogens (primary N) is 1. The lowest BCUT2D eigenvalue weighted by molar-refractivity contribution is 0.412. The monoisotopic (exact) mass is 403 g/mol. The van der Waals surface area contributed by atoms with Crippen molar-refractivity contribution in [1.29, 1.82) is 0 Å². The van der Waals surface area contributed by atoms with Gasteiger partial charge in [-0.3, -0.25) is 0 Å². The van der Waals surface area contributed by atoms with Crippen LogP contribution in [-0.2, 0) is 0 Å². The van der Waals surface area contributed by atoms with Gasteiger partial charge in [-0.25, -0.2) is 9.38 Å². The molecule has 116 valence electrons. The summed E-state index contributed by atoms with van der Waals surface area (Å²) in [6.45, 7) is 0. The van der Waals surface area contributed by atoms with Crippen molar-refractivity contribution in [1.82, 2.24) is 5.32 Å². The molecule has 0 aromatic heterocycles. The van der Waals surface area contributed by atoms with E-state index in [0.29, 0.717) is 17.9 Å². The maximum atomic E-state index is 13.2. The zero-order chi connectivity index (χ0) is 13.9. The van der Waals surface area contributed by atoms with Gasteiger partial charge in [0.1, 0.15) is 5.82 Å². The first-order chi connectivity index (χ1) is 9.72. The SMILES string of the molecule is I.NC(=N[C@@H]1C[C@H]1c1cccc(F)c1)NC1CCCCC1. The minimum absolute atomic E-state index is 0. The third-order valence-corrected chi connectivity index (χ3v) is 4.30. The van der Waals surface area contributed by atoms with Gasteiger partial charge in [0, 0.05) is 12.0 Å². The molecule has 1 aromatic carbocycles. The molecule has 0 heterocycles. The van der Waals surface area contributed by atoms with Crippen molar-refractivity contribution in [3.05, 3.63) is 35.6 Å². The quantitative estimate of drug-likeness (QED) is 0.461. The molecular formula is C16H23FIN3. The highest BCUT2D eigenvalue weighted by Crippen LogP contribution is 2.43. The molecule has 2 atom stereocenters. The van der Waals surface area contributed by atoms with Crippen molar-refractivity contribution in [3.8, 4) is 0 Å². The van der Waals surface area contributed by atoms with Gasteiger partial charge in [-0.2, -0.15) is 0 Å². The zero-order valence-corrected chi connectivity index (χ0v) is 14.4. The summed E-state index contributed by atoms with van der Waals surface area (Å²) >= 11 is 0. The van der Waals surface area contributed by atoms with Crippen LogP contribution < -0.4 is 11.1 Å². The number of halogens is 2. The third kappa shape index (κ3) is 4.56. The highest BCUT2D eigenvalue weighted by molar-refractivity contribution is 14.0. The molecule has 21 heavy (non-hydrogen) atoms. The van der Waals surface area contributed by atoms with E-state index in [1.807, 2.05) is 6.07 Å². The fourth-order valence-corrected chi connectivity index (χ4v) is 3.09. The van der Waals surface area contributed by atoms with Crippen LogP contribution in [0.2, 0.25) is 0 Å². The molecule has 2 aliphatic rings. The largest absolute Gasteiger partial charge is 0.370 e. The summed E-state index contributed by atoms with van der Waals surface area (Å²) in [6, 6.07) is 7.50. The summed E-state index contributed by atoms with van der Waals surface area (Å²) < 4.78 is 13.2. The van der Waals surface area contributed by atoms with Crippen molar-refractivity contribution >= 4 is 29.9 Å². The second-order valence-electron chi connectivity index (χ2n) is 5.96. The topological polar surface area (TPSA) is 50.4 Å². The van der Waals surface area contributed by atoms with Crippen molar-refractivity contribution in [2.24, 2.45) is 10.7 Å². The molecule has 0 spiro atoms. The first kappa shape index (κ1) is 16.5. The third-order valence-electron chi connectivity index (χ3n) is 4.30. The van der Waals surface area contributed by atoms with Crippen molar-refractivity contribution in [2.75, 3.05) is 0 Å². The Morgan fingerprint density at radius 2 is 2.00 bits per heavy atom. The molecule has 0 unspecified atom stereocenters. The van der Waals surface area contributed by atoms with Crippen LogP contribution >= 0.6 is 24.0 Å². The fraction of sp³-hybridized carbons (Fsp3) is 0.562. The van der Waals surface area contributed by atoms with Gasteiger partial charge < -0.3 is 11.1 Å². The van der Waals surface area contributed by atoms with Gasteiger partial charge >= 0.3 is 0 Å². The minimum Gasteiger partial charge on any atom is -0.370 e. The Kier molecular flexibility index (Phi) is 5.84. The first-order valence-corrected chi connectivity index (χ1v) is 7.57. The van der Waals surface area contributed by atoms with Crippen molar-refractivity contribution < 1.29 is 4.39 Å². The number of benzene rings is 1. The molecule has 1 aromatic rings. The maximum absolute atomic E-state index is 13.2. The van der Waals surface area contributed by atoms with E-state index >= 15 is 0 Å². The van der Waals surface area contributed by atoms with E-state index in [-0.39, 0.29) is 35.8 Å². The van der Waals surface area contributed by atoms with E-state index < -0.39 is 0 Å². The Labute approximate surface area is 142 Å². The van der Waals surface area contributed by atoms with Gasteiger partial charge in [-0.1, -0.05) is 31.4 Å². The van der Waals surface area contributed by atoms with E-state index in [2.05, 4.69) is 10.3 Å². The number of nitrogens with one attached hydrogen (secondary N) is 1. The predicted molar refractivity (Wildman–Crippen MR) is 94.6 cm³/mol. The van der Waals surface area contributed by atoms with E-state index in [4.69, 9.17) is 5.73 Å². The average Bonchev–Trinajstić information content (AvgIpc) is 3.19. The molecule has 2 fully saturated rings. The molecule has 0 radical (unpaired) electrons. The van der Waals surface area contributed by atoms with E-state index in [1.165, 1.54) is 38.2 Å². The average molecular weight is 403 g/mol. The van der Waals surface area contributed by atoms with Crippen LogP contribution in [0, 0.1) is 5.82 Å². The van der Waals surface area contributed by atoms with Crippen LogP contribution in [0.25, 0.3) is 0 Å². The number of hydrogen-bond donors (Lipinski definition) is 2. The van der Waals surface area contributed by atoms with Gasteiger partial charge in [0.05, 0.1) is 6.04 Å². The van der Waals surface area contributed by atoms with Gasteiger partial charge in [0.25, 0.3) is 0 Å².